The highest BCUT2D eigenvalue weighted by Crippen LogP contribution is 2.08. The molecule has 1 aliphatic rings. The molecule has 4 unspecified atom stereocenters. The van der Waals surface area contributed by atoms with Crippen LogP contribution in [-0.4, -0.2) is 90.4 Å². The fraction of sp³-hybridized carbons (Fsp3) is 0.667. The van der Waals surface area contributed by atoms with Gasteiger partial charge in [-0.15, -0.1) is 0 Å². The fourth-order valence-electron chi connectivity index (χ4n) is 3.67. The minimum absolute atomic E-state index is 0.0209. The Bertz CT molecular complexity index is 896. The number of nitrogens with one attached hydrogen (secondary N) is 4. The van der Waals surface area contributed by atoms with E-state index in [2.05, 4.69) is 31.3 Å². The Morgan fingerprint density at radius 3 is 1.82 bits per heavy atom. The van der Waals surface area contributed by atoms with Crippen molar-refractivity contribution in [1.29, 1.82) is 0 Å². The molecular weight excluding hydrogens is 502 g/mol. The summed E-state index contributed by atoms with van der Waals surface area (Å²) in [5.74, 6) is -4.62. The monoisotopic (exact) mass is 541 g/mol. The van der Waals surface area contributed by atoms with Gasteiger partial charge in [-0.05, 0) is 45.1 Å². The number of hydrogen-bond donors (Lipinski definition) is 10. The zero-order chi connectivity index (χ0) is 28.7. The highest BCUT2D eigenvalue weighted by Gasteiger charge is 2.32. The molecule has 1 heterocycles. The molecule has 1 aliphatic heterocycles. The Labute approximate surface area is 219 Å². The van der Waals surface area contributed by atoms with Crippen LogP contribution in [0.3, 0.4) is 0 Å². The molecule has 0 aromatic rings. The standard InChI is InChI=1S/C21H39N11O6/c22-15(33)10-14(18(36)31-13(19(37)38)6-3-9-29-21(25)26)32-17(35)12(5-2-8-28-20(23)24)30-16(34)11-4-1-7-27-11/h11-14,27H,1-10H2,(H2,22,33)(H,30,34)(H,31,36)(H,32,35)(H,37,38)(H4,23,24,28)(H4,25,26,29). The van der Waals surface area contributed by atoms with E-state index < -0.39 is 60.2 Å². The zero-order valence-corrected chi connectivity index (χ0v) is 21.2. The van der Waals surface area contributed by atoms with Crippen LogP contribution in [-0.2, 0) is 24.0 Å². The molecule has 17 nitrogen and oxygen atoms in total. The van der Waals surface area contributed by atoms with E-state index in [-0.39, 0.29) is 44.3 Å². The van der Waals surface area contributed by atoms with Crippen LogP contribution in [0.1, 0.15) is 44.9 Å². The number of nitrogens with two attached hydrogens (primary N) is 5. The lowest BCUT2D eigenvalue weighted by Crippen LogP contribution is -2.57. The molecule has 214 valence electrons. The Kier molecular flexibility index (Phi) is 13.9. The van der Waals surface area contributed by atoms with Crippen LogP contribution in [0.25, 0.3) is 0 Å². The Morgan fingerprint density at radius 2 is 1.34 bits per heavy atom. The van der Waals surface area contributed by atoms with Crippen molar-refractivity contribution in [3.63, 3.8) is 0 Å². The number of nitrogens with zero attached hydrogens (tertiary/aromatic N) is 2. The predicted octanol–water partition coefficient (Wildman–Crippen LogP) is -4.74. The first kappa shape index (κ1) is 31.9. The molecule has 0 spiro atoms. The number of carbonyl (C=O) groups is 5. The molecule has 4 amide bonds. The summed E-state index contributed by atoms with van der Waals surface area (Å²) in [7, 11) is 0. The first-order valence-corrected chi connectivity index (χ1v) is 12.2. The molecule has 0 bridgehead atoms. The van der Waals surface area contributed by atoms with Gasteiger partial charge in [-0.1, -0.05) is 0 Å². The van der Waals surface area contributed by atoms with E-state index in [1.807, 2.05) is 0 Å². The molecule has 0 radical (unpaired) electrons. The van der Waals surface area contributed by atoms with Gasteiger partial charge < -0.3 is 55.0 Å². The maximum Gasteiger partial charge on any atom is 0.326 e. The fourth-order valence-corrected chi connectivity index (χ4v) is 3.67. The Hall–Kier alpha value is -4.15. The topological polar surface area (TPSA) is 309 Å². The third kappa shape index (κ3) is 12.7. The summed E-state index contributed by atoms with van der Waals surface area (Å²) in [5.41, 5.74) is 26.3. The maximum absolute atomic E-state index is 13.1. The molecule has 17 heteroatoms. The smallest absolute Gasteiger partial charge is 0.326 e. The highest BCUT2D eigenvalue weighted by atomic mass is 16.4. The van der Waals surface area contributed by atoms with Crippen molar-refractivity contribution < 1.29 is 29.1 Å². The van der Waals surface area contributed by atoms with Gasteiger partial charge in [-0.2, -0.15) is 0 Å². The van der Waals surface area contributed by atoms with E-state index >= 15 is 0 Å². The summed E-state index contributed by atoms with van der Waals surface area (Å²) in [6, 6.07) is -4.38. The molecule has 1 rings (SSSR count). The maximum atomic E-state index is 13.1. The summed E-state index contributed by atoms with van der Waals surface area (Å²) >= 11 is 0. The minimum atomic E-state index is -1.48. The first-order valence-electron chi connectivity index (χ1n) is 12.2. The van der Waals surface area contributed by atoms with Gasteiger partial charge in [0.15, 0.2) is 11.9 Å². The molecule has 1 saturated heterocycles. The van der Waals surface area contributed by atoms with E-state index in [1.54, 1.807) is 0 Å². The number of aliphatic imine (C=N–C) groups is 2. The Morgan fingerprint density at radius 1 is 0.816 bits per heavy atom. The van der Waals surface area contributed by atoms with Gasteiger partial charge in [-0.25, -0.2) is 4.79 Å². The number of carbonyl (C=O) groups excluding carboxylic acids is 4. The van der Waals surface area contributed by atoms with Crippen molar-refractivity contribution in [3.8, 4) is 0 Å². The van der Waals surface area contributed by atoms with Crippen LogP contribution in [0.15, 0.2) is 9.98 Å². The van der Waals surface area contributed by atoms with Crippen molar-refractivity contribution in [2.45, 2.75) is 69.1 Å². The van der Waals surface area contributed by atoms with E-state index in [0.717, 1.165) is 6.42 Å². The normalized spacial score (nSPS) is 16.8. The Balaban J connectivity index is 2.93. The summed E-state index contributed by atoms with van der Waals surface area (Å²) in [6.45, 7) is 0.993. The SMILES string of the molecule is NC(=O)CC(NC(=O)C(CCCN=C(N)N)NC(=O)C1CCCN1)C(=O)NC(CCCN=C(N)N)C(=O)O. The average Bonchev–Trinajstić information content (AvgIpc) is 3.36. The van der Waals surface area contributed by atoms with Crippen LogP contribution in [0, 0.1) is 0 Å². The van der Waals surface area contributed by atoms with Gasteiger partial charge in [0, 0.05) is 13.1 Å². The molecule has 0 aromatic carbocycles. The number of hydrogen-bond acceptors (Lipinski definition) is 8. The number of primary amides is 1. The van der Waals surface area contributed by atoms with Crippen LogP contribution in [0.5, 0.6) is 0 Å². The van der Waals surface area contributed by atoms with Gasteiger partial charge in [0.05, 0.1) is 12.5 Å². The molecule has 1 fully saturated rings. The van der Waals surface area contributed by atoms with E-state index in [9.17, 15) is 29.1 Å². The van der Waals surface area contributed by atoms with Crippen molar-refractivity contribution in [1.82, 2.24) is 21.3 Å². The number of amides is 4. The number of aliphatic carboxylic acids is 1. The third-order valence-corrected chi connectivity index (χ3v) is 5.55. The summed E-state index contributed by atoms with van der Waals surface area (Å²) < 4.78 is 0. The highest BCUT2D eigenvalue weighted by molar-refractivity contribution is 5.96. The minimum Gasteiger partial charge on any atom is -0.480 e. The molecule has 0 saturated carbocycles. The van der Waals surface area contributed by atoms with Gasteiger partial charge in [0.2, 0.25) is 23.6 Å². The van der Waals surface area contributed by atoms with Gasteiger partial charge in [0.1, 0.15) is 18.1 Å². The van der Waals surface area contributed by atoms with E-state index in [1.165, 1.54) is 0 Å². The van der Waals surface area contributed by atoms with Crippen LogP contribution < -0.4 is 49.9 Å². The largest absolute Gasteiger partial charge is 0.480 e. The molecule has 0 aromatic heterocycles. The van der Waals surface area contributed by atoms with Crippen molar-refractivity contribution in [2.24, 2.45) is 38.7 Å². The summed E-state index contributed by atoms with van der Waals surface area (Å²) in [5, 5.41) is 19.8. The quantitative estimate of drug-likeness (QED) is 0.0473. The van der Waals surface area contributed by atoms with E-state index in [4.69, 9.17) is 28.7 Å². The molecular formula is C21H39N11O6. The summed E-state index contributed by atoms with van der Waals surface area (Å²) in [6.07, 6.45) is 1.45. The van der Waals surface area contributed by atoms with Crippen molar-refractivity contribution in [3.05, 3.63) is 0 Å². The van der Waals surface area contributed by atoms with Crippen LogP contribution in [0.2, 0.25) is 0 Å². The second kappa shape index (κ2) is 16.6. The number of carboxylic acids is 1. The predicted molar refractivity (Wildman–Crippen MR) is 138 cm³/mol. The number of carboxylic acid groups (broad SMARTS) is 1. The molecule has 15 N–H and O–H groups in total. The van der Waals surface area contributed by atoms with Gasteiger partial charge in [0.25, 0.3) is 0 Å². The van der Waals surface area contributed by atoms with Crippen molar-refractivity contribution in [2.75, 3.05) is 19.6 Å². The van der Waals surface area contributed by atoms with Gasteiger partial charge in [-0.3, -0.25) is 29.2 Å². The van der Waals surface area contributed by atoms with E-state index in [0.29, 0.717) is 19.4 Å². The lowest BCUT2D eigenvalue weighted by molar-refractivity contribution is -0.142. The second-order valence-electron chi connectivity index (χ2n) is 8.74. The lowest BCUT2D eigenvalue weighted by atomic mass is 10.1. The molecule has 0 aliphatic carbocycles. The second-order valence-corrected chi connectivity index (χ2v) is 8.74. The van der Waals surface area contributed by atoms with Crippen LogP contribution in [0.4, 0.5) is 0 Å². The third-order valence-electron chi connectivity index (χ3n) is 5.55. The number of guanidine groups is 2. The summed E-state index contributed by atoms with van der Waals surface area (Å²) in [4.78, 5) is 69.4. The number of rotatable bonds is 17. The van der Waals surface area contributed by atoms with Crippen molar-refractivity contribution >= 4 is 41.5 Å². The molecule has 4 atom stereocenters. The lowest BCUT2D eigenvalue weighted by Gasteiger charge is -2.24. The van der Waals surface area contributed by atoms with Crippen LogP contribution >= 0.6 is 0 Å². The first-order chi connectivity index (χ1) is 17.9. The average molecular weight is 542 g/mol. The molecule has 38 heavy (non-hydrogen) atoms. The van der Waals surface area contributed by atoms with Gasteiger partial charge >= 0.3 is 5.97 Å². The zero-order valence-electron chi connectivity index (χ0n) is 21.2.